The third-order valence-electron chi connectivity index (χ3n) is 4.42. The molecule has 1 aromatic rings. The number of hydrogen-bond donors (Lipinski definition) is 0. The topological polar surface area (TPSA) is 118 Å². The standard InChI is InChI=1S/C19H21NO9/c1-25-11-8-6-10(7-9-11)20-14(18(23)28-4)12(16(21)26-2)13(17(22)27-3)15(20)19(24)29-5/h6-9,14-15H,1-5H3/t14-,15-/m0/s1. The van der Waals surface area contributed by atoms with Crippen LogP contribution in [0.25, 0.3) is 0 Å². The molecule has 10 heteroatoms. The van der Waals surface area contributed by atoms with E-state index in [2.05, 4.69) is 0 Å². The highest BCUT2D eigenvalue weighted by Crippen LogP contribution is 2.38. The van der Waals surface area contributed by atoms with E-state index in [4.69, 9.17) is 23.7 Å². The highest BCUT2D eigenvalue weighted by molar-refractivity contribution is 6.14. The van der Waals surface area contributed by atoms with E-state index in [0.717, 1.165) is 28.4 Å². The highest BCUT2D eigenvalue weighted by atomic mass is 16.5. The lowest BCUT2D eigenvalue weighted by Crippen LogP contribution is -2.48. The highest BCUT2D eigenvalue weighted by Gasteiger charge is 2.54. The number of carbonyl (C=O) groups excluding carboxylic acids is 4. The molecule has 1 aromatic carbocycles. The number of ether oxygens (including phenoxy) is 5. The van der Waals surface area contributed by atoms with Gasteiger partial charge in [-0.15, -0.1) is 0 Å². The molecule has 156 valence electrons. The largest absolute Gasteiger partial charge is 0.497 e. The van der Waals surface area contributed by atoms with Crippen molar-refractivity contribution in [1.82, 2.24) is 0 Å². The monoisotopic (exact) mass is 407 g/mol. The van der Waals surface area contributed by atoms with Gasteiger partial charge in [0.05, 0.1) is 46.7 Å². The first kappa shape index (κ1) is 21.7. The molecule has 0 saturated heterocycles. The Morgan fingerprint density at radius 2 is 1.10 bits per heavy atom. The van der Waals surface area contributed by atoms with Crippen LogP contribution in [0.15, 0.2) is 35.4 Å². The Morgan fingerprint density at radius 3 is 1.41 bits per heavy atom. The fourth-order valence-corrected chi connectivity index (χ4v) is 3.12. The number of nitrogens with zero attached hydrogens (tertiary/aromatic N) is 1. The first-order chi connectivity index (χ1) is 13.9. The number of methoxy groups -OCH3 is 5. The number of hydrogen-bond acceptors (Lipinski definition) is 10. The van der Waals surface area contributed by atoms with Crippen LogP contribution in [-0.2, 0) is 38.1 Å². The van der Waals surface area contributed by atoms with Crippen LogP contribution in [0.3, 0.4) is 0 Å². The summed E-state index contributed by atoms with van der Waals surface area (Å²) in [5.41, 5.74) is -0.397. The van der Waals surface area contributed by atoms with Crippen LogP contribution in [0.1, 0.15) is 0 Å². The van der Waals surface area contributed by atoms with Crippen LogP contribution >= 0.6 is 0 Å². The van der Waals surface area contributed by atoms with Crippen LogP contribution in [0, 0.1) is 0 Å². The minimum atomic E-state index is -1.45. The lowest BCUT2D eigenvalue weighted by atomic mass is 10.0. The van der Waals surface area contributed by atoms with Crippen LogP contribution in [0.4, 0.5) is 5.69 Å². The maximum absolute atomic E-state index is 12.6. The van der Waals surface area contributed by atoms with Gasteiger partial charge < -0.3 is 28.6 Å². The van der Waals surface area contributed by atoms with E-state index in [1.807, 2.05) is 0 Å². The van der Waals surface area contributed by atoms with Gasteiger partial charge in [-0.05, 0) is 24.3 Å². The van der Waals surface area contributed by atoms with Crippen molar-refractivity contribution in [2.24, 2.45) is 0 Å². The summed E-state index contributed by atoms with van der Waals surface area (Å²) in [6.07, 6.45) is 0. The molecule has 2 atom stereocenters. The van der Waals surface area contributed by atoms with Gasteiger partial charge in [-0.25, -0.2) is 19.2 Å². The zero-order chi connectivity index (χ0) is 21.7. The summed E-state index contributed by atoms with van der Waals surface area (Å²) < 4.78 is 24.3. The van der Waals surface area contributed by atoms with Gasteiger partial charge in [0, 0.05) is 5.69 Å². The van der Waals surface area contributed by atoms with Gasteiger partial charge in [0.2, 0.25) is 0 Å². The molecule has 0 N–H and O–H groups in total. The molecule has 0 unspecified atom stereocenters. The summed E-state index contributed by atoms with van der Waals surface area (Å²) in [5, 5.41) is 0. The second-order valence-corrected chi connectivity index (χ2v) is 5.77. The van der Waals surface area contributed by atoms with E-state index in [-0.39, 0.29) is 11.1 Å². The number of carbonyl (C=O) groups is 4. The summed E-state index contributed by atoms with van der Waals surface area (Å²) in [5.74, 6) is -3.20. The van der Waals surface area contributed by atoms with E-state index >= 15 is 0 Å². The van der Waals surface area contributed by atoms with Gasteiger partial charge in [0.1, 0.15) is 5.75 Å². The Kier molecular flexibility index (Phi) is 6.81. The van der Waals surface area contributed by atoms with Crippen molar-refractivity contribution in [3.05, 3.63) is 35.4 Å². The van der Waals surface area contributed by atoms with Crippen LogP contribution in [-0.4, -0.2) is 71.5 Å². The molecule has 0 spiro atoms. The van der Waals surface area contributed by atoms with Gasteiger partial charge in [-0.1, -0.05) is 0 Å². The van der Waals surface area contributed by atoms with Gasteiger partial charge in [-0.2, -0.15) is 0 Å². The van der Waals surface area contributed by atoms with Crippen molar-refractivity contribution < 1.29 is 42.9 Å². The Bertz CT molecular complexity index is 798. The molecular formula is C19H21NO9. The number of anilines is 1. The Balaban J connectivity index is 2.80. The third-order valence-corrected chi connectivity index (χ3v) is 4.42. The second kappa shape index (κ2) is 9.09. The smallest absolute Gasteiger partial charge is 0.337 e. The third kappa shape index (κ3) is 3.86. The molecule has 10 nitrogen and oxygen atoms in total. The van der Waals surface area contributed by atoms with Gasteiger partial charge in [-0.3, -0.25) is 0 Å². The average molecular weight is 407 g/mol. The van der Waals surface area contributed by atoms with Crippen molar-refractivity contribution >= 4 is 29.6 Å². The number of benzene rings is 1. The molecule has 1 heterocycles. The predicted molar refractivity (Wildman–Crippen MR) is 98.1 cm³/mol. The van der Waals surface area contributed by atoms with Gasteiger partial charge in [0.15, 0.2) is 12.1 Å². The molecular weight excluding hydrogens is 386 g/mol. The summed E-state index contributed by atoms with van der Waals surface area (Å²) in [6.45, 7) is 0. The van der Waals surface area contributed by atoms with Crippen molar-refractivity contribution in [2.75, 3.05) is 40.4 Å². The summed E-state index contributed by atoms with van der Waals surface area (Å²) in [7, 11) is 5.88. The number of rotatable bonds is 6. The zero-order valence-electron chi connectivity index (χ0n) is 16.6. The number of esters is 4. The summed E-state index contributed by atoms with van der Waals surface area (Å²) >= 11 is 0. The molecule has 0 radical (unpaired) electrons. The van der Waals surface area contributed by atoms with E-state index in [0.29, 0.717) is 11.4 Å². The van der Waals surface area contributed by atoms with Crippen LogP contribution < -0.4 is 9.64 Å². The fourth-order valence-electron chi connectivity index (χ4n) is 3.12. The van der Waals surface area contributed by atoms with E-state index in [1.165, 1.54) is 12.0 Å². The molecule has 0 fully saturated rings. The van der Waals surface area contributed by atoms with E-state index in [9.17, 15) is 19.2 Å². The molecule has 0 aromatic heterocycles. The molecule has 0 saturated carbocycles. The molecule has 0 aliphatic carbocycles. The molecule has 2 rings (SSSR count). The maximum atomic E-state index is 12.6. The quantitative estimate of drug-likeness (QED) is 0.479. The zero-order valence-corrected chi connectivity index (χ0v) is 16.6. The van der Waals surface area contributed by atoms with Gasteiger partial charge in [0.25, 0.3) is 0 Å². The van der Waals surface area contributed by atoms with Crippen molar-refractivity contribution in [1.29, 1.82) is 0 Å². The van der Waals surface area contributed by atoms with Gasteiger partial charge >= 0.3 is 23.9 Å². The van der Waals surface area contributed by atoms with Crippen molar-refractivity contribution in [3.8, 4) is 5.75 Å². The minimum absolute atomic E-state index is 0.330. The first-order valence-electron chi connectivity index (χ1n) is 8.34. The maximum Gasteiger partial charge on any atom is 0.337 e. The van der Waals surface area contributed by atoms with Crippen molar-refractivity contribution in [3.63, 3.8) is 0 Å². The predicted octanol–water partition coefficient (Wildman–Crippen LogP) is 0.241. The molecule has 0 amide bonds. The lowest BCUT2D eigenvalue weighted by Gasteiger charge is -2.31. The first-order valence-corrected chi connectivity index (χ1v) is 8.34. The van der Waals surface area contributed by atoms with Crippen molar-refractivity contribution in [2.45, 2.75) is 12.1 Å². The molecule has 1 aliphatic rings. The Morgan fingerprint density at radius 1 is 0.690 bits per heavy atom. The summed E-state index contributed by atoms with van der Waals surface area (Å²) in [4.78, 5) is 51.5. The Labute approximate surface area is 166 Å². The second-order valence-electron chi connectivity index (χ2n) is 5.77. The Hall–Kier alpha value is -3.56. The average Bonchev–Trinajstić information content (AvgIpc) is 3.12. The minimum Gasteiger partial charge on any atom is -0.497 e. The van der Waals surface area contributed by atoms with E-state index < -0.39 is 36.0 Å². The fraction of sp³-hybridized carbons (Fsp3) is 0.368. The molecule has 0 bridgehead atoms. The normalized spacial score (nSPS) is 18.2. The summed E-state index contributed by atoms with van der Waals surface area (Å²) in [6, 6.07) is 3.40. The van der Waals surface area contributed by atoms with E-state index in [1.54, 1.807) is 24.3 Å². The lowest BCUT2D eigenvalue weighted by molar-refractivity contribution is -0.145. The van der Waals surface area contributed by atoms with Crippen LogP contribution in [0.2, 0.25) is 0 Å². The SMILES string of the molecule is COC(=O)C1=C(C(=O)OC)[C@@H](C(=O)OC)N(c2ccc(OC)cc2)[C@@H]1C(=O)OC. The molecule has 29 heavy (non-hydrogen) atoms. The van der Waals surface area contributed by atoms with Crippen LogP contribution in [0.5, 0.6) is 5.75 Å². The molecule has 1 aliphatic heterocycles.